The maximum absolute atomic E-state index is 12.3. The molecule has 0 spiro atoms. The summed E-state index contributed by atoms with van der Waals surface area (Å²) in [5, 5.41) is 7.12. The highest BCUT2D eigenvalue weighted by molar-refractivity contribution is 7.15. The van der Waals surface area contributed by atoms with E-state index < -0.39 is 0 Å². The van der Waals surface area contributed by atoms with E-state index in [-0.39, 0.29) is 6.03 Å². The molecule has 3 rings (SSSR count). The van der Waals surface area contributed by atoms with Gasteiger partial charge in [-0.1, -0.05) is 29.8 Å². The molecule has 1 aromatic heterocycles. The summed E-state index contributed by atoms with van der Waals surface area (Å²) in [6, 6.07) is 12.4. The standard InChI is InChI=1S/C20H20ClN3O3S/c1-12-18(28-19(23-12)14-6-4-5-7-15(14)21)11-22-20(25)24-13-8-9-16(26-2)17(10-13)27-3/h4-10H,11H2,1-3H3,(H2,22,24,25). The van der Waals surface area contributed by atoms with E-state index in [4.69, 9.17) is 21.1 Å². The van der Waals surface area contributed by atoms with Crippen LogP contribution in [0.2, 0.25) is 5.02 Å². The number of carbonyl (C=O) groups excluding carboxylic acids is 1. The molecule has 28 heavy (non-hydrogen) atoms. The van der Waals surface area contributed by atoms with Crippen molar-refractivity contribution in [3.05, 3.63) is 58.1 Å². The van der Waals surface area contributed by atoms with Crippen molar-refractivity contribution >= 4 is 34.7 Å². The third-order valence-corrected chi connectivity index (χ3v) is 5.57. The lowest BCUT2D eigenvalue weighted by atomic mass is 10.2. The minimum absolute atomic E-state index is 0.320. The Kier molecular flexibility index (Phi) is 6.38. The second kappa shape index (κ2) is 8.95. The fourth-order valence-corrected chi connectivity index (χ4v) is 3.91. The third kappa shape index (κ3) is 4.55. The molecule has 146 valence electrons. The highest BCUT2D eigenvalue weighted by Crippen LogP contribution is 2.33. The fraction of sp³-hybridized carbons (Fsp3) is 0.200. The first-order valence-corrected chi connectivity index (χ1v) is 9.69. The van der Waals surface area contributed by atoms with Gasteiger partial charge in [0.15, 0.2) is 11.5 Å². The van der Waals surface area contributed by atoms with Gasteiger partial charge in [-0.05, 0) is 25.1 Å². The lowest BCUT2D eigenvalue weighted by molar-refractivity contribution is 0.252. The van der Waals surface area contributed by atoms with Crippen LogP contribution in [0.25, 0.3) is 10.6 Å². The van der Waals surface area contributed by atoms with Gasteiger partial charge >= 0.3 is 6.03 Å². The van der Waals surface area contributed by atoms with Gasteiger partial charge in [-0.2, -0.15) is 0 Å². The van der Waals surface area contributed by atoms with E-state index >= 15 is 0 Å². The Hall–Kier alpha value is -2.77. The van der Waals surface area contributed by atoms with E-state index in [1.807, 2.05) is 31.2 Å². The van der Waals surface area contributed by atoms with Gasteiger partial charge < -0.3 is 20.1 Å². The molecule has 8 heteroatoms. The van der Waals surface area contributed by atoms with E-state index in [0.717, 1.165) is 21.1 Å². The molecule has 2 N–H and O–H groups in total. The predicted molar refractivity (Wildman–Crippen MR) is 113 cm³/mol. The first-order valence-electron chi connectivity index (χ1n) is 8.50. The number of aromatic nitrogens is 1. The van der Waals surface area contributed by atoms with Crippen molar-refractivity contribution in [2.75, 3.05) is 19.5 Å². The summed E-state index contributed by atoms with van der Waals surface area (Å²) in [7, 11) is 3.11. The molecule has 0 fully saturated rings. The van der Waals surface area contributed by atoms with Crippen LogP contribution in [0.15, 0.2) is 42.5 Å². The molecule has 0 saturated carbocycles. The number of benzene rings is 2. The maximum Gasteiger partial charge on any atom is 0.319 e. The summed E-state index contributed by atoms with van der Waals surface area (Å²) < 4.78 is 10.4. The zero-order valence-electron chi connectivity index (χ0n) is 15.7. The smallest absolute Gasteiger partial charge is 0.319 e. The minimum atomic E-state index is -0.320. The van der Waals surface area contributed by atoms with Crippen LogP contribution in [0, 0.1) is 6.92 Å². The van der Waals surface area contributed by atoms with Gasteiger partial charge in [0.25, 0.3) is 0 Å². The zero-order valence-corrected chi connectivity index (χ0v) is 17.3. The normalized spacial score (nSPS) is 10.4. The highest BCUT2D eigenvalue weighted by atomic mass is 35.5. The SMILES string of the molecule is COc1ccc(NC(=O)NCc2sc(-c3ccccc3Cl)nc2C)cc1OC. The number of nitrogens with one attached hydrogen (secondary N) is 2. The first kappa shape index (κ1) is 20.0. The van der Waals surface area contributed by atoms with Crippen molar-refractivity contribution in [3.8, 4) is 22.1 Å². The van der Waals surface area contributed by atoms with E-state index in [0.29, 0.717) is 28.8 Å². The number of amides is 2. The second-order valence-corrected chi connectivity index (χ2v) is 7.38. The van der Waals surface area contributed by atoms with Crippen LogP contribution < -0.4 is 20.1 Å². The number of nitrogens with zero attached hydrogens (tertiary/aromatic N) is 1. The number of carbonyl (C=O) groups is 1. The molecule has 0 aliphatic heterocycles. The van der Waals surface area contributed by atoms with Crippen LogP contribution in [0.3, 0.4) is 0 Å². The van der Waals surface area contributed by atoms with Crippen molar-refractivity contribution in [2.45, 2.75) is 13.5 Å². The number of urea groups is 1. The molecule has 0 aliphatic carbocycles. The Labute approximate surface area is 172 Å². The van der Waals surface area contributed by atoms with E-state index in [1.54, 1.807) is 32.4 Å². The maximum atomic E-state index is 12.3. The predicted octanol–water partition coefficient (Wildman–Crippen LogP) is 5.11. The summed E-state index contributed by atoms with van der Waals surface area (Å²) in [6.07, 6.45) is 0. The van der Waals surface area contributed by atoms with Crippen molar-refractivity contribution < 1.29 is 14.3 Å². The second-order valence-electron chi connectivity index (χ2n) is 5.88. The molecule has 0 unspecified atom stereocenters. The zero-order chi connectivity index (χ0) is 20.1. The van der Waals surface area contributed by atoms with Gasteiger partial charge in [0.05, 0.1) is 31.5 Å². The molecule has 0 radical (unpaired) electrons. The molecule has 0 bridgehead atoms. The van der Waals surface area contributed by atoms with Crippen LogP contribution in [-0.2, 0) is 6.54 Å². The Morgan fingerprint density at radius 2 is 1.89 bits per heavy atom. The van der Waals surface area contributed by atoms with Gasteiger partial charge in [0.1, 0.15) is 5.01 Å². The molecule has 1 heterocycles. The first-order chi connectivity index (χ1) is 13.5. The summed E-state index contributed by atoms with van der Waals surface area (Å²) in [5.74, 6) is 1.14. The van der Waals surface area contributed by atoms with Crippen molar-refractivity contribution in [1.29, 1.82) is 0 Å². The minimum Gasteiger partial charge on any atom is -0.493 e. The van der Waals surface area contributed by atoms with Crippen LogP contribution >= 0.6 is 22.9 Å². The Morgan fingerprint density at radius 3 is 2.61 bits per heavy atom. The highest BCUT2D eigenvalue weighted by Gasteiger charge is 2.13. The number of halogens is 1. The molecule has 6 nitrogen and oxygen atoms in total. The van der Waals surface area contributed by atoms with Crippen LogP contribution in [0.1, 0.15) is 10.6 Å². The number of aryl methyl sites for hydroxylation is 1. The van der Waals surface area contributed by atoms with E-state index in [1.165, 1.54) is 11.3 Å². The summed E-state index contributed by atoms with van der Waals surface area (Å²) >= 11 is 7.76. The monoisotopic (exact) mass is 417 g/mol. The number of ether oxygens (including phenoxy) is 2. The van der Waals surface area contributed by atoms with Crippen LogP contribution in [0.4, 0.5) is 10.5 Å². The number of anilines is 1. The summed E-state index contributed by atoms with van der Waals surface area (Å²) in [4.78, 5) is 17.8. The lowest BCUT2D eigenvalue weighted by Gasteiger charge is -2.11. The third-order valence-electron chi connectivity index (χ3n) is 4.05. The molecular weight excluding hydrogens is 398 g/mol. The average Bonchev–Trinajstić information content (AvgIpc) is 3.07. The average molecular weight is 418 g/mol. The molecule has 0 aliphatic rings. The van der Waals surface area contributed by atoms with Gasteiger partial charge in [-0.15, -0.1) is 11.3 Å². The summed E-state index contributed by atoms with van der Waals surface area (Å²) in [5.41, 5.74) is 2.36. The Balaban J connectivity index is 1.65. The Bertz CT molecular complexity index is 991. The molecule has 2 amide bonds. The fourth-order valence-electron chi connectivity index (χ4n) is 2.59. The summed E-state index contributed by atoms with van der Waals surface area (Å²) in [6.45, 7) is 2.28. The molecule has 3 aromatic rings. The van der Waals surface area contributed by atoms with Crippen molar-refractivity contribution in [2.24, 2.45) is 0 Å². The molecule has 2 aromatic carbocycles. The number of hydrogen-bond acceptors (Lipinski definition) is 5. The van der Waals surface area contributed by atoms with Crippen molar-refractivity contribution in [1.82, 2.24) is 10.3 Å². The number of thiazole rings is 1. The topological polar surface area (TPSA) is 72.5 Å². The number of methoxy groups -OCH3 is 2. The molecule has 0 atom stereocenters. The largest absolute Gasteiger partial charge is 0.493 e. The molecule has 0 saturated heterocycles. The van der Waals surface area contributed by atoms with Crippen LogP contribution in [-0.4, -0.2) is 25.2 Å². The van der Waals surface area contributed by atoms with Gasteiger partial charge in [-0.3, -0.25) is 0 Å². The Morgan fingerprint density at radius 1 is 1.14 bits per heavy atom. The number of hydrogen-bond donors (Lipinski definition) is 2. The van der Waals surface area contributed by atoms with Gasteiger partial charge in [-0.25, -0.2) is 9.78 Å². The van der Waals surface area contributed by atoms with E-state index in [9.17, 15) is 4.79 Å². The van der Waals surface area contributed by atoms with Gasteiger partial charge in [0, 0.05) is 22.2 Å². The van der Waals surface area contributed by atoms with E-state index in [2.05, 4.69) is 15.6 Å². The quantitative estimate of drug-likeness (QED) is 0.584. The van der Waals surface area contributed by atoms with Crippen molar-refractivity contribution in [3.63, 3.8) is 0 Å². The van der Waals surface area contributed by atoms with Crippen LogP contribution in [0.5, 0.6) is 11.5 Å². The lowest BCUT2D eigenvalue weighted by Crippen LogP contribution is -2.28. The number of rotatable bonds is 6. The molecular formula is C20H20ClN3O3S. The van der Waals surface area contributed by atoms with Gasteiger partial charge in [0.2, 0.25) is 0 Å².